The van der Waals surface area contributed by atoms with Gasteiger partial charge in [-0.05, 0) is 56.2 Å². The number of hydrogen-bond donors (Lipinski definition) is 4. The molecule has 0 radical (unpaired) electrons. The minimum Gasteiger partial charge on any atom is -0.463 e. The van der Waals surface area contributed by atoms with Crippen LogP contribution in [0.4, 0.5) is 11.4 Å². The van der Waals surface area contributed by atoms with Gasteiger partial charge in [0.05, 0.1) is 13.2 Å². The van der Waals surface area contributed by atoms with E-state index in [9.17, 15) is 9.59 Å². The van der Waals surface area contributed by atoms with E-state index in [0.29, 0.717) is 42.2 Å². The van der Waals surface area contributed by atoms with E-state index in [1.807, 2.05) is 0 Å². The van der Waals surface area contributed by atoms with E-state index in [1.165, 1.54) is 9.13 Å². The van der Waals surface area contributed by atoms with E-state index >= 15 is 0 Å². The standard InChI is InChI=1S/C9H12BrN3O2S.C9H10BrN3O2/c1-13-5-6(10)4-7(8(13)15)12-9(16)11-2-3-14;1-13-5-6(10)4-7(8(13)14)12-9-11-2-3-15-9/h4-5,14H,2-3H2,1H3,(H2,11,12,16);4-5H,2-3H2,1H3,(H,11,12). The van der Waals surface area contributed by atoms with E-state index in [4.69, 9.17) is 22.1 Å². The Morgan fingerprint density at radius 2 is 1.74 bits per heavy atom. The molecule has 13 heteroatoms. The number of aromatic nitrogens is 2. The van der Waals surface area contributed by atoms with Crippen LogP contribution >= 0.6 is 44.1 Å². The molecule has 2 aromatic heterocycles. The summed E-state index contributed by atoms with van der Waals surface area (Å²) in [6.45, 7) is 1.53. The molecule has 1 aliphatic heterocycles. The highest BCUT2D eigenvalue weighted by Crippen LogP contribution is 2.12. The first-order valence-electron chi connectivity index (χ1n) is 9.03. The number of aliphatic hydroxyl groups is 1. The Morgan fingerprint density at radius 3 is 2.29 bits per heavy atom. The molecule has 3 heterocycles. The van der Waals surface area contributed by atoms with Crippen LogP contribution < -0.4 is 27.1 Å². The van der Waals surface area contributed by atoms with Crippen molar-refractivity contribution in [3.05, 3.63) is 54.2 Å². The van der Waals surface area contributed by atoms with Crippen LogP contribution in [-0.4, -0.2) is 51.7 Å². The fourth-order valence-corrected chi connectivity index (χ4v) is 3.67. The molecule has 0 saturated heterocycles. The quantitative estimate of drug-likeness (QED) is 0.402. The van der Waals surface area contributed by atoms with Crippen LogP contribution in [0.15, 0.2) is 48.1 Å². The summed E-state index contributed by atoms with van der Waals surface area (Å²) in [5.74, 6) is 0. The molecule has 0 bridgehead atoms. The molecule has 0 saturated carbocycles. The molecular formula is C18H22Br2N6O4S. The molecule has 0 atom stereocenters. The molecule has 4 N–H and O–H groups in total. The van der Waals surface area contributed by atoms with Gasteiger partial charge in [0.15, 0.2) is 5.11 Å². The smallest absolute Gasteiger partial charge is 0.289 e. The number of aliphatic hydroxyl groups excluding tert-OH is 1. The molecule has 0 unspecified atom stereocenters. The molecule has 3 rings (SSSR count). The fraction of sp³-hybridized carbons (Fsp3) is 0.333. The second-order valence-electron chi connectivity index (χ2n) is 6.24. The zero-order valence-corrected chi connectivity index (χ0v) is 20.8. The number of amidine groups is 1. The number of rotatable bonds is 4. The van der Waals surface area contributed by atoms with Gasteiger partial charge in [-0.3, -0.25) is 9.59 Å². The van der Waals surface area contributed by atoms with Crippen LogP contribution in [0.1, 0.15) is 0 Å². The van der Waals surface area contributed by atoms with E-state index in [2.05, 4.69) is 52.8 Å². The van der Waals surface area contributed by atoms with Gasteiger partial charge in [0.1, 0.15) is 18.0 Å². The molecule has 10 nitrogen and oxygen atoms in total. The number of nitrogens with zero attached hydrogens (tertiary/aromatic N) is 3. The number of thiocarbonyl (C=S) groups is 1. The van der Waals surface area contributed by atoms with E-state index in [-0.39, 0.29) is 17.7 Å². The summed E-state index contributed by atoms with van der Waals surface area (Å²) in [7, 11) is 3.35. The highest BCUT2D eigenvalue weighted by molar-refractivity contribution is 9.10. The van der Waals surface area contributed by atoms with Crippen LogP contribution in [0.2, 0.25) is 0 Å². The Morgan fingerprint density at radius 1 is 1.16 bits per heavy atom. The molecule has 1 aliphatic rings. The Labute approximate surface area is 200 Å². The van der Waals surface area contributed by atoms with Gasteiger partial charge in [0.2, 0.25) is 0 Å². The first kappa shape index (κ1) is 25.0. The summed E-state index contributed by atoms with van der Waals surface area (Å²) in [6, 6.07) is 3.76. The molecule has 168 valence electrons. The zero-order chi connectivity index (χ0) is 23.0. The van der Waals surface area contributed by atoms with Crippen molar-refractivity contribution in [1.82, 2.24) is 14.5 Å². The minimum atomic E-state index is -0.170. The number of halogens is 2. The van der Waals surface area contributed by atoms with Gasteiger partial charge in [-0.15, -0.1) is 0 Å². The van der Waals surface area contributed by atoms with Crippen molar-refractivity contribution in [2.45, 2.75) is 0 Å². The lowest BCUT2D eigenvalue weighted by Gasteiger charge is -2.10. The zero-order valence-electron chi connectivity index (χ0n) is 16.8. The topological polar surface area (TPSA) is 122 Å². The highest BCUT2D eigenvalue weighted by Gasteiger charge is 2.10. The maximum atomic E-state index is 11.7. The summed E-state index contributed by atoms with van der Waals surface area (Å²) in [4.78, 5) is 27.4. The van der Waals surface area contributed by atoms with E-state index < -0.39 is 0 Å². The Kier molecular flexibility index (Phi) is 9.68. The number of ether oxygens (including phenoxy) is 1. The van der Waals surface area contributed by atoms with Crippen LogP contribution in [0, 0.1) is 0 Å². The molecule has 0 spiro atoms. The lowest BCUT2D eigenvalue weighted by Crippen LogP contribution is -2.33. The minimum absolute atomic E-state index is 0.0156. The Hall–Kier alpha value is -2.22. The first-order valence-corrected chi connectivity index (χ1v) is 11.0. The summed E-state index contributed by atoms with van der Waals surface area (Å²) >= 11 is 11.6. The van der Waals surface area contributed by atoms with Crippen LogP contribution in [0.5, 0.6) is 0 Å². The summed E-state index contributed by atoms with van der Waals surface area (Å²) in [6.07, 6.45) is 3.36. The fourth-order valence-electron chi connectivity index (χ4n) is 2.38. The number of aliphatic imine (C=N–C) groups is 1. The largest absolute Gasteiger partial charge is 0.463 e. The third-order valence-electron chi connectivity index (χ3n) is 3.77. The van der Waals surface area contributed by atoms with Crippen molar-refractivity contribution in [3.8, 4) is 0 Å². The van der Waals surface area contributed by atoms with Gasteiger partial charge in [-0.1, -0.05) is 0 Å². The SMILES string of the molecule is Cn1cc(Br)cc(NC(=S)NCCO)c1=O.Cn1cc(Br)cc(NC2=NCCO2)c1=O. The Balaban J connectivity index is 0.000000220. The van der Waals surface area contributed by atoms with Crippen molar-refractivity contribution in [2.75, 3.05) is 36.9 Å². The number of pyridine rings is 2. The Bertz CT molecular complexity index is 1090. The molecular weight excluding hydrogens is 556 g/mol. The highest BCUT2D eigenvalue weighted by atomic mass is 79.9. The second-order valence-corrected chi connectivity index (χ2v) is 8.48. The molecule has 0 amide bonds. The predicted octanol–water partition coefficient (Wildman–Crippen LogP) is 1.37. The lowest BCUT2D eigenvalue weighted by molar-refractivity contribution is 0.300. The van der Waals surface area contributed by atoms with Gasteiger partial charge in [0.25, 0.3) is 17.1 Å². The lowest BCUT2D eigenvalue weighted by atomic mass is 10.4. The monoisotopic (exact) mass is 576 g/mol. The average molecular weight is 578 g/mol. The van der Waals surface area contributed by atoms with Gasteiger partial charge in [-0.25, -0.2) is 4.99 Å². The number of aryl methyl sites for hydroxylation is 2. The van der Waals surface area contributed by atoms with Gasteiger partial charge >= 0.3 is 0 Å². The summed E-state index contributed by atoms with van der Waals surface area (Å²) < 4.78 is 9.70. The molecule has 2 aromatic rings. The predicted molar refractivity (Wildman–Crippen MR) is 132 cm³/mol. The normalized spacial score (nSPS) is 12.2. The maximum Gasteiger partial charge on any atom is 0.289 e. The molecule has 0 aliphatic carbocycles. The van der Waals surface area contributed by atoms with Crippen LogP contribution in [-0.2, 0) is 18.8 Å². The third-order valence-corrected chi connectivity index (χ3v) is 4.89. The van der Waals surface area contributed by atoms with Crippen molar-refractivity contribution in [2.24, 2.45) is 19.1 Å². The number of anilines is 2. The van der Waals surface area contributed by atoms with E-state index in [1.54, 1.807) is 38.6 Å². The van der Waals surface area contributed by atoms with Gasteiger partial charge in [0, 0.05) is 42.0 Å². The molecule has 0 fully saturated rings. The van der Waals surface area contributed by atoms with Gasteiger partial charge < -0.3 is 34.9 Å². The van der Waals surface area contributed by atoms with Crippen molar-refractivity contribution < 1.29 is 9.84 Å². The third kappa shape index (κ3) is 7.76. The number of nitrogens with one attached hydrogen (secondary N) is 3. The van der Waals surface area contributed by atoms with E-state index in [0.717, 1.165) is 8.95 Å². The number of hydrogen-bond acceptors (Lipinski definition) is 7. The maximum absolute atomic E-state index is 11.7. The summed E-state index contributed by atoms with van der Waals surface area (Å²) in [5, 5.41) is 17.3. The average Bonchev–Trinajstić information content (AvgIpc) is 3.21. The molecule has 0 aromatic carbocycles. The summed E-state index contributed by atoms with van der Waals surface area (Å²) in [5.41, 5.74) is 0.549. The van der Waals surface area contributed by atoms with Crippen molar-refractivity contribution in [3.63, 3.8) is 0 Å². The van der Waals surface area contributed by atoms with Crippen LogP contribution in [0.25, 0.3) is 0 Å². The first-order chi connectivity index (χ1) is 14.7. The second kappa shape index (κ2) is 12.0. The van der Waals surface area contributed by atoms with Crippen molar-refractivity contribution >= 4 is 66.6 Å². The van der Waals surface area contributed by atoms with Crippen LogP contribution in [0.3, 0.4) is 0 Å². The van der Waals surface area contributed by atoms with Crippen molar-refractivity contribution in [1.29, 1.82) is 0 Å². The van der Waals surface area contributed by atoms with Gasteiger partial charge in [-0.2, -0.15) is 0 Å². The molecule has 31 heavy (non-hydrogen) atoms.